The summed E-state index contributed by atoms with van der Waals surface area (Å²) in [5, 5.41) is 22.6. The molecular formula is C12H12BrFN2O4. The van der Waals surface area contributed by atoms with Crippen molar-refractivity contribution in [3.8, 4) is 0 Å². The van der Waals surface area contributed by atoms with Crippen molar-refractivity contribution < 1.29 is 19.2 Å². The van der Waals surface area contributed by atoms with Gasteiger partial charge in [-0.2, -0.15) is 0 Å². The third kappa shape index (κ3) is 3.44. The minimum absolute atomic E-state index is 0.00374. The predicted molar refractivity (Wildman–Crippen MR) is 73.1 cm³/mol. The Kier molecular flexibility index (Phi) is 4.22. The van der Waals surface area contributed by atoms with Crippen molar-refractivity contribution in [3.63, 3.8) is 0 Å². The number of nitro groups is 1. The zero-order valence-corrected chi connectivity index (χ0v) is 11.9. The van der Waals surface area contributed by atoms with Crippen LogP contribution in [-0.2, 0) is 4.79 Å². The second-order valence-corrected chi connectivity index (χ2v) is 5.58. The van der Waals surface area contributed by atoms with Crippen LogP contribution in [0.1, 0.15) is 19.3 Å². The highest BCUT2D eigenvalue weighted by molar-refractivity contribution is 9.10. The van der Waals surface area contributed by atoms with Crippen LogP contribution in [0.3, 0.4) is 0 Å². The lowest BCUT2D eigenvalue weighted by Gasteiger charge is -2.17. The molecule has 0 bridgehead atoms. The zero-order valence-electron chi connectivity index (χ0n) is 10.3. The van der Waals surface area contributed by atoms with Gasteiger partial charge >= 0.3 is 5.97 Å². The van der Waals surface area contributed by atoms with Gasteiger partial charge in [0.15, 0.2) is 0 Å². The van der Waals surface area contributed by atoms with Crippen molar-refractivity contribution in [2.24, 2.45) is 5.92 Å². The van der Waals surface area contributed by atoms with Gasteiger partial charge in [0.05, 0.1) is 15.8 Å². The molecule has 1 fully saturated rings. The molecule has 0 heterocycles. The van der Waals surface area contributed by atoms with Crippen molar-refractivity contribution >= 4 is 33.3 Å². The second kappa shape index (κ2) is 5.74. The van der Waals surface area contributed by atoms with Crippen molar-refractivity contribution in [3.05, 3.63) is 32.5 Å². The fraction of sp³-hybridized carbons (Fsp3) is 0.417. The maximum absolute atomic E-state index is 13.5. The Labute approximate surface area is 122 Å². The van der Waals surface area contributed by atoms with Crippen molar-refractivity contribution in [1.29, 1.82) is 0 Å². The number of carbonyl (C=O) groups is 1. The second-order valence-electron chi connectivity index (χ2n) is 4.73. The first-order valence-corrected chi connectivity index (χ1v) is 6.79. The molecule has 0 aliphatic heterocycles. The van der Waals surface area contributed by atoms with Crippen LogP contribution in [0.4, 0.5) is 15.8 Å². The molecule has 1 saturated carbocycles. The SMILES string of the molecule is O=C(O)CC(Nc1cc(F)c(Br)cc1[N+](=O)[O-])C1CC1. The first-order chi connectivity index (χ1) is 9.38. The number of nitrogens with zero attached hydrogens (tertiary/aromatic N) is 1. The van der Waals surface area contributed by atoms with Crippen LogP contribution in [0.2, 0.25) is 0 Å². The third-order valence-electron chi connectivity index (χ3n) is 3.16. The van der Waals surface area contributed by atoms with Crippen LogP contribution in [0.25, 0.3) is 0 Å². The fourth-order valence-electron chi connectivity index (χ4n) is 2.03. The van der Waals surface area contributed by atoms with Crippen LogP contribution >= 0.6 is 15.9 Å². The van der Waals surface area contributed by atoms with E-state index in [9.17, 15) is 19.3 Å². The summed E-state index contributed by atoms with van der Waals surface area (Å²) in [5.74, 6) is -1.46. The quantitative estimate of drug-likeness (QED) is 0.609. The van der Waals surface area contributed by atoms with Crippen LogP contribution < -0.4 is 5.32 Å². The summed E-state index contributed by atoms with van der Waals surface area (Å²) < 4.78 is 13.5. The minimum Gasteiger partial charge on any atom is -0.481 e. The smallest absolute Gasteiger partial charge is 0.305 e. The monoisotopic (exact) mass is 346 g/mol. The number of carboxylic acid groups (broad SMARTS) is 1. The van der Waals surface area contributed by atoms with Crippen LogP contribution in [0, 0.1) is 21.8 Å². The number of anilines is 1. The molecule has 0 amide bonds. The van der Waals surface area contributed by atoms with E-state index >= 15 is 0 Å². The molecule has 0 spiro atoms. The maximum Gasteiger partial charge on any atom is 0.305 e. The Morgan fingerprint density at radius 1 is 1.60 bits per heavy atom. The molecule has 0 aromatic heterocycles. The van der Waals surface area contributed by atoms with Gasteiger partial charge in [-0.25, -0.2) is 4.39 Å². The minimum atomic E-state index is -0.991. The molecule has 0 radical (unpaired) electrons. The highest BCUT2D eigenvalue weighted by Gasteiger charge is 2.34. The maximum atomic E-state index is 13.5. The highest BCUT2D eigenvalue weighted by atomic mass is 79.9. The van der Waals surface area contributed by atoms with E-state index in [0.717, 1.165) is 25.0 Å². The summed E-state index contributed by atoms with van der Waals surface area (Å²) in [6.07, 6.45) is 1.59. The van der Waals surface area contributed by atoms with Gasteiger partial charge in [0.2, 0.25) is 0 Å². The number of rotatable bonds is 6. The molecule has 108 valence electrons. The summed E-state index contributed by atoms with van der Waals surface area (Å²) in [4.78, 5) is 21.2. The van der Waals surface area contributed by atoms with Gasteiger partial charge in [-0.1, -0.05) is 0 Å². The van der Waals surface area contributed by atoms with E-state index in [0.29, 0.717) is 0 Å². The first-order valence-electron chi connectivity index (χ1n) is 6.00. The lowest BCUT2D eigenvalue weighted by molar-refractivity contribution is -0.384. The Morgan fingerprint density at radius 2 is 2.25 bits per heavy atom. The normalized spacial score (nSPS) is 15.7. The number of benzene rings is 1. The molecule has 8 heteroatoms. The number of hydrogen-bond acceptors (Lipinski definition) is 4. The topological polar surface area (TPSA) is 92.5 Å². The molecule has 1 aromatic rings. The van der Waals surface area contributed by atoms with Gasteiger partial charge in [0.25, 0.3) is 5.69 Å². The summed E-state index contributed by atoms with van der Waals surface area (Å²) in [7, 11) is 0. The van der Waals surface area contributed by atoms with Gasteiger partial charge in [0.1, 0.15) is 11.5 Å². The summed E-state index contributed by atoms with van der Waals surface area (Å²) in [6.45, 7) is 0. The molecule has 1 atom stereocenters. The van der Waals surface area contributed by atoms with E-state index in [-0.39, 0.29) is 28.2 Å². The Bertz CT molecular complexity index is 563. The van der Waals surface area contributed by atoms with E-state index in [1.807, 2.05) is 0 Å². The Balaban J connectivity index is 2.28. The molecule has 20 heavy (non-hydrogen) atoms. The number of hydrogen-bond donors (Lipinski definition) is 2. The fourth-order valence-corrected chi connectivity index (χ4v) is 2.36. The first kappa shape index (κ1) is 14.7. The van der Waals surface area contributed by atoms with Gasteiger partial charge in [-0.3, -0.25) is 14.9 Å². The van der Waals surface area contributed by atoms with Crippen LogP contribution in [0.15, 0.2) is 16.6 Å². The van der Waals surface area contributed by atoms with Gasteiger partial charge in [-0.05, 0) is 34.7 Å². The third-order valence-corrected chi connectivity index (χ3v) is 3.77. The molecule has 0 saturated heterocycles. The van der Waals surface area contributed by atoms with Crippen molar-refractivity contribution in [2.45, 2.75) is 25.3 Å². The van der Waals surface area contributed by atoms with Gasteiger partial charge in [-0.15, -0.1) is 0 Å². The van der Waals surface area contributed by atoms with Gasteiger partial charge < -0.3 is 10.4 Å². The largest absolute Gasteiger partial charge is 0.481 e. The summed E-state index contributed by atoms with van der Waals surface area (Å²) in [5.41, 5.74) is -0.275. The zero-order chi connectivity index (χ0) is 14.9. The highest BCUT2D eigenvalue weighted by Crippen LogP contribution is 2.38. The molecule has 1 aliphatic carbocycles. The standard InChI is InChI=1S/C12H12BrFN2O4/c13-7-3-11(16(19)20)10(4-8(7)14)15-9(5-12(17)18)6-1-2-6/h3-4,6,9,15H,1-2,5H2,(H,17,18). The van der Waals surface area contributed by atoms with E-state index in [1.54, 1.807) is 0 Å². The molecular weight excluding hydrogens is 335 g/mol. The molecule has 6 nitrogen and oxygen atoms in total. The van der Waals surface area contributed by atoms with Crippen molar-refractivity contribution in [2.75, 3.05) is 5.32 Å². The number of carboxylic acids is 1. The number of halogens is 2. The van der Waals surface area contributed by atoms with E-state index < -0.39 is 22.8 Å². The van der Waals surface area contributed by atoms with E-state index in [1.165, 1.54) is 0 Å². The molecule has 1 unspecified atom stereocenters. The van der Waals surface area contributed by atoms with Gasteiger partial charge in [0, 0.05) is 18.2 Å². The summed E-state index contributed by atoms with van der Waals surface area (Å²) >= 11 is 2.89. The Morgan fingerprint density at radius 3 is 2.75 bits per heavy atom. The van der Waals surface area contributed by atoms with E-state index in [2.05, 4.69) is 21.2 Å². The number of nitro benzene ring substituents is 1. The summed E-state index contributed by atoms with van der Waals surface area (Å²) in [6, 6.07) is 1.66. The van der Waals surface area contributed by atoms with Crippen LogP contribution in [-0.4, -0.2) is 22.0 Å². The van der Waals surface area contributed by atoms with E-state index in [4.69, 9.17) is 5.11 Å². The molecule has 2 rings (SSSR count). The lowest BCUT2D eigenvalue weighted by atomic mass is 10.1. The molecule has 2 N–H and O–H groups in total. The molecule has 1 aliphatic rings. The van der Waals surface area contributed by atoms with Crippen molar-refractivity contribution in [1.82, 2.24) is 0 Å². The molecule has 1 aromatic carbocycles. The number of aliphatic carboxylic acids is 1. The lowest BCUT2D eigenvalue weighted by Crippen LogP contribution is -2.25. The Hall–Kier alpha value is -1.70. The average molecular weight is 347 g/mol. The predicted octanol–water partition coefficient (Wildman–Crippen LogP) is 3.16. The number of nitrogens with one attached hydrogen (secondary N) is 1. The average Bonchev–Trinajstić information content (AvgIpc) is 3.15. The van der Waals surface area contributed by atoms with Crippen LogP contribution in [0.5, 0.6) is 0 Å².